The van der Waals surface area contributed by atoms with Crippen LogP contribution in [0.25, 0.3) is 0 Å². The van der Waals surface area contributed by atoms with Gasteiger partial charge in [-0.3, -0.25) is 9.78 Å². The Morgan fingerprint density at radius 3 is 2.27 bits per heavy atom. The van der Waals surface area contributed by atoms with E-state index < -0.39 is 0 Å². The van der Waals surface area contributed by atoms with Crippen molar-refractivity contribution in [3.8, 4) is 0 Å². The molecule has 0 saturated heterocycles. The number of pyridine rings is 1. The lowest BCUT2D eigenvalue weighted by Gasteiger charge is -2.19. The molecule has 30 heavy (non-hydrogen) atoms. The number of rotatable bonds is 10. The molecule has 1 heterocycles. The van der Waals surface area contributed by atoms with Crippen molar-refractivity contribution >= 4 is 5.91 Å². The molecule has 1 atom stereocenters. The molecule has 1 aliphatic carbocycles. The molecule has 1 fully saturated rings. The topological polar surface area (TPSA) is 42.0 Å². The Bertz CT molecular complexity index is 885. The largest absolute Gasteiger partial charge is 0.356 e. The number of unbranched alkanes of at least 4 members (excludes halogenated alkanes) is 1. The van der Waals surface area contributed by atoms with E-state index in [2.05, 4.69) is 77.0 Å². The van der Waals surface area contributed by atoms with Crippen LogP contribution in [0.15, 0.2) is 85.2 Å². The average molecular weight is 399 g/mol. The zero-order chi connectivity index (χ0) is 20.7. The molecule has 1 aromatic heterocycles. The number of carbonyl (C=O) groups is 1. The van der Waals surface area contributed by atoms with Crippen LogP contribution in [0.4, 0.5) is 0 Å². The van der Waals surface area contributed by atoms with Gasteiger partial charge in [0.25, 0.3) is 0 Å². The van der Waals surface area contributed by atoms with Crippen LogP contribution in [0.5, 0.6) is 0 Å². The molecule has 0 radical (unpaired) electrons. The molecular formula is C27H30N2O. The zero-order valence-electron chi connectivity index (χ0n) is 17.5. The van der Waals surface area contributed by atoms with E-state index in [1.165, 1.54) is 16.7 Å². The maximum absolute atomic E-state index is 12.4. The Labute approximate surface area is 179 Å². The van der Waals surface area contributed by atoms with Crippen LogP contribution in [0.3, 0.4) is 0 Å². The lowest BCUT2D eigenvalue weighted by Crippen LogP contribution is -2.24. The van der Waals surface area contributed by atoms with Gasteiger partial charge in [0.2, 0.25) is 5.91 Å². The molecule has 3 nitrogen and oxygen atoms in total. The van der Waals surface area contributed by atoms with E-state index in [4.69, 9.17) is 0 Å². The molecule has 0 spiro atoms. The predicted molar refractivity (Wildman–Crippen MR) is 121 cm³/mol. The van der Waals surface area contributed by atoms with Crippen LogP contribution in [0, 0.1) is 5.92 Å². The van der Waals surface area contributed by atoms with Crippen LogP contribution in [-0.4, -0.2) is 17.4 Å². The first-order valence-electron chi connectivity index (χ1n) is 11.1. The van der Waals surface area contributed by atoms with Gasteiger partial charge in [-0.15, -0.1) is 0 Å². The third-order valence-corrected chi connectivity index (χ3v) is 6.34. The summed E-state index contributed by atoms with van der Waals surface area (Å²) in [5.74, 6) is 0.705. The van der Waals surface area contributed by atoms with Gasteiger partial charge in [-0.05, 0) is 60.8 Å². The van der Waals surface area contributed by atoms with E-state index in [-0.39, 0.29) is 11.3 Å². The Balaban J connectivity index is 1.24. The monoisotopic (exact) mass is 398 g/mol. The van der Waals surface area contributed by atoms with Crippen molar-refractivity contribution < 1.29 is 4.79 Å². The highest BCUT2D eigenvalue weighted by Gasteiger charge is 2.55. The first kappa shape index (κ1) is 20.3. The van der Waals surface area contributed by atoms with Gasteiger partial charge < -0.3 is 5.32 Å². The maximum Gasteiger partial charge on any atom is 0.220 e. The number of amides is 1. The summed E-state index contributed by atoms with van der Waals surface area (Å²) in [4.78, 5) is 16.5. The number of hydrogen-bond acceptors (Lipinski definition) is 2. The van der Waals surface area contributed by atoms with Crippen LogP contribution < -0.4 is 5.32 Å². The summed E-state index contributed by atoms with van der Waals surface area (Å²) in [5.41, 5.74) is 4.08. The molecule has 3 heteroatoms. The molecule has 1 saturated carbocycles. The van der Waals surface area contributed by atoms with E-state index in [9.17, 15) is 4.79 Å². The minimum Gasteiger partial charge on any atom is -0.356 e. The standard InChI is InChI=1S/C27H30N2O/c30-26(29-19-8-7-10-22-11-9-18-28-21-22)17-16-25-20-27(25,23-12-3-1-4-13-23)24-14-5-2-6-15-24/h1-6,9,11-15,18,21,25H,7-8,10,16-17,19-20H2,(H,29,30). The number of aryl methyl sites for hydroxylation is 1. The Kier molecular flexibility index (Phi) is 6.58. The van der Waals surface area contributed by atoms with Crippen molar-refractivity contribution in [1.29, 1.82) is 0 Å². The zero-order valence-corrected chi connectivity index (χ0v) is 17.5. The third kappa shape index (κ3) is 4.79. The van der Waals surface area contributed by atoms with Gasteiger partial charge in [0, 0.05) is 30.8 Å². The fraction of sp³-hybridized carbons (Fsp3) is 0.333. The normalized spacial score (nSPS) is 16.7. The Morgan fingerprint density at radius 1 is 0.933 bits per heavy atom. The average Bonchev–Trinajstić information content (AvgIpc) is 3.55. The predicted octanol–water partition coefficient (Wildman–Crippen LogP) is 5.31. The molecule has 4 rings (SSSR count). The van der Waals surface area contributed by atoms with Crippen LogP contribution in [0.1, 0.15) is 48.8 Å². The van der Waals surface area contributed by atoms with Gasteiger partial charge in [0.15, 0.2) is 0 Å². The smallest absolute Gasteiger partial charge is 0.220 e. The molecule has 1 N–H and O–H groups in total. The van der Waals surface area contributed by atoms with Crippen molar-refractivity contribution in [2.75, 3.05) is 6.54 Å². The van der Waals surface area contributed by atoms with E-state index in [1.54, 1.807) is 6.20 Å². The Morgan fingerprint density at radius 2 is 1.63 bits per heavy atom. The molecule has 2 aromatic carbocycles. The second kappa shape index (κ2) is 9.71. The number of aromatic nitrogens is 1. The van der Waals surface area contributed by atoms with Gasteiger partial charge in [0.05, 0.1) is 0 Å². The number of hydrogen-bond donors (Lipinski definition) is 1. The van der Waals surface area contributed by atoms with Crippen molar-refractivity contribution in [2.45, 2.75) is 43.9 Å². The van der Waals surface area contributed by atoms with Crippen LogP contribution in [-0.2, 0) is 16.6 Å². The molecule has 1 unspecified atom stereocenters. The first-order chi connectivity index (χ1) is 14.8. The summed E-state index contributed by atoms with van der Waals surface area (Å²) in [6.07, 6.45) is 9.47. The fourth-order valence-corrected chi connectivity index (χ4v) is 4.64. The van der Waals surface area contributed by atoms with Gasteiger partial charge in [-0.1, -0.05) is 66.7 Å². The molecule has 1 aliphatic rings. The lowest BCUT2D eigenvalue weighted by molar-refractivity contribution is -0.121. The summed E-state index contributed by atoms with van der Waals surface area (Å²) in [5, 5.41) is 3.10. The van der Waals surface area contributed by atoms with Gasteiger partial charge in [-0.2, -0.15) is 0 Å². The number of benzene rings is 2. The minimum atomic E-state index is 0.0759. The number of carbonyl (C=O) groups excluding carboxylic acids is 1. The molecule has 1 amide bonds. The van der Waals surface area contributed by atoms with Gasteiger partial charge in [0.1, 0.15) is 0 Å². The lowest BCUT2D eigenvalue weighted by atomic mass is 9.85. The summed E-state index contributed by atoms with van der Waals surface area (Å²) >= 11 is 0. The second-order valence-corrected chi connectivity index (χ2v) is 8.31. The highest BCUT2D eigenvalue weighted by molar-refractivity contribution is 5.76. The molecule has 0 aliphatic heterocycles. The summed E-state index contributed by atoms with van der Waals surface area (Å²) in [7, 11) is 0. The van der Waals surface area contributed by atoms with Crippen LogP contribution >= 0.6 is 0 Å². The third-order valence-electron chi connectivity index (χ3n) is 6.34. The quantitative estimate of drug-likeness (QED) is 0.471. The molecular weight excluding hydrogens is 368 g/mol. The van der Waals surface area contributed by atoms with Crippen molar-refractivity contribution in [2.24, 2.45) is 5.92 Å². The van der Waals surface area contributed by atoms with E-state index >= 15 is 0 Å². The number of nitrogens with one attached hydrogen (secondary N) is 1. The van der Waals surface area contributed by atoms with Gasteiger partial charge >= 0.3 is 0 Å². The van der Waals surface area contributed by atoms with Gasteiger partial charge in [-0.25, -0.2) is 0 Å². The molecule has 154 valence electrons. The summed E-state index contributed by atoms with van der Waals surface area (Å²) < 4.78 is 0. The second-order valence-electron chi connectivity index (χ2n) is 8.31. The van der Waals surface area contributed by atoms with Crippen molar-refractivity contribution in [1.82, 2.24) is 10.3 Å². The summed E-state index contributed by atoms with van der Waals surface area (Å²) in [6.45, 7) is 0.756. The van der Waals surface area contributed by atoms with E-state index in [1.807, 2.05) is 12.3 Å². The van der Waals surface area contributed by atoms with E-state index in [0.717, 1.165) is 38.6 Å². The highest BCUT2D eigenvalue weighted by atomic mass is 16.1. The number of nitrogens with zero attached hydrogens (tertiary/aromatic N) is 1. The molecule has 3 aromatic rings. The minimum absolute atomic E-state index is 0.0759. The SMILES string of the molecule is O=C(CCC1CC1(c1ccccc1)c1ccccc1)NCCCCc1cccnc1. The summed E-state index contributed by atoms with van der Waals surface area (Å²) in [6, 6.07) is 25.6. The fourth-order valence-electron chi connectivity index (χ4n) is 4.64. The molecule has 0 bridgehead atoms. The van der Waals surface area contributed by atoms with E-state index in [0.29, 0.717) is 12.3 Å². The van der Waals surface area contributed by atoms with Crippen LogP contribution in [0.2, 0.25) is 0 Å². The first-order valence-corrected chi connectivity index (χ1v) is 11.1. The Hall–Kier alpha value is -2.94. The van der Waals surface area contributed by atoms with Crippen molar-refractivity contribution in [3.05, 3.63) is 102 Å². The van der Waals surface area contributed by atoms with Crippen molar-refractivity contribution in [3.63, 3.8) is 0 Å². The highest BCUT2D eigenvalue weighted by Crippen LogP contribution is 2.60. The maximum atomic E-state index is 12.4.